The first-order valence-electron chi connectivity index (χ1n) is 5.16. The minimum atomic E-state index is -0.290. The van der Waals surface area contributed by atoms with Gasteiger partial charge in [0.2, 0.25) is 0 Å². The van der Waals surface area contributed by atoms with Crippen molar-refractivity contribution in [3.63, 3.8) is 0 Å². The quantitative estimate of drug-likeness (QED) is 0.867. The number of nitrogen functional groups attached to an aromatic ring is 1. The molecule has 90 valence electrons. The lowest BCUT2D eigenvalue weighted by molar-refractivity contribution is 0.414. The van der Waals surface area contributed by atoms with Gasteiger partial charge in [-0.3, -0.25) is 4.68 Å². The second-order valence-corrected chi connectivity index (χ2v) is 3.87. The van der Waals surface area contributed by atoms with Crippen LogP contribution in [0.4, 0.5) is 10.1 Å². The van der Waals surface area contributed by atoms with Gasteiger partial charge in [-0.25, -0.2) is 4.39 Å². The van der Waals surface area contributed by atoms with Crippen molar-refractivity contribution in [1.29, 1.82) is 0 Å². The molecule has 0 aliphatic rings. The van der Waals surface area contributed by atoms with Crippen molar-refractivity contribution >= 4 is 5.69 Å². The third-order valence-electron chi connectivity index (χ3n) is 2.70. The van der Waals surface area contributed by atoms with Gasteiger partial charge in [0.25, 0.3) is 0 Å². The van der Waals surface area contributed by atoms with Crippen LogP contribution in [0.5, 0.6) is 5.75 Å². The van der Waals surface area contributed by atoms with Gasteiger partial charge < -0.3 is 10.5 Å². The molecule has 0 spiro atoms. The van der Waals surface area contributed by atoms with Crippen molar-refractivity contribution in [3.05, 3.63) is 29.7 Å². The summed E-state index contributed by atoms with van der Waals surface area (Å²) in [5.74, 6) is 0.292. The number of aromatic nitrogens is 2. The van der Waals surface area contributed by atoms with Crippen LogP contribution in [0.15, 0.2) is 18.3 Å². The summed E-state index contributed by atoms with van der Waals surface area (Å²) in [7, 11) is 3.30. The van der Waals surface area contributed by atoms with Crippen LogP contribution in [0.2, 0.25) is 0 Å². The predicted octanol–water partition coefficient (Wildman–Crippen LogP) is 2.13. The molecule has 0 aliphatic carbocycles. The molecule has 0 saturated heterocycles. The van der Waals surface area contributed by atoms with E-state index in [-0.39, 0.29) is 5.82 Å². The Morgan fingerprint density at radius 1 is 1.41 bits per heavy atom. The van der Waals surface area contributed by atoms with Crippen molar-refractivity contribution < 1.29 is 9.13 Å². The number of halogens is 1. The highest BCUT2D eigenvalue weighted by Crippen LogP contribution is 2.34. The number of rotatable bonds is 2. The Balaban J connectivity index is 2.70. The van der Waals surface area contributed by atoms with Crippen molar-refractivity contribution in [2.24, 2.45) is 7.05 Å². The molecule has 1 aromatic carbocycles. The molecule has 0 unspecified atom stereocenters. The number of nitrogens with two attached hydrogens (primary N) is 1. The molecule has 2 N–H and O–H groups in total. The minimum absolute atomic E-state index is 0.290. The summed E-state index contributed by atoms with van der Waals surface area (Å²) in [6.45, 7) is 1.69. The molecule has 1 heterocycles. The second kappa shape index (κ2) is 4.08. The summed E-state index contributed by atoms with van der Waals surface area (Å²) in [4.78, 5) is 0. The van der Waals surface area contributed by atoms with E-state index in [1.165, 1.54) is 12.3 Å². The molecule has 0 atom stereocenters. The average molecular weight is 235 g/mol. The highest BCUT2D eigenvalue weighted by Gasteiger charge is 2.15. The van der Waals surface area contributed by atoms with E-state index in [9.17, 15) is 4.39 Å². The third-order valence-corrected chi connectivity index (χ3v) is 2.70. The smallest absolute Gasteiger partial charge is 0.128 e. The molecule has 0 radical (unpaired) electrons. The van der Waals surface area contributed by atoms with Crippen molar-refractivity contribution in [1.82, 2.24) is 9.78 Å². The van der Waals surface area contributed by atoms with Crippen LogP contribution in [-0.4, -0.2) is 16.9 Å². The Labute approximate surface area is 98.8 Å². The van der Waals surface area contributed by atoms with Crippen LogP contribution in [0, 0.1) is 12.7 Å². The minimum Gasteiger partial charge on any atom is -0.496 e. The van der Waals surface area contributed by atoms with E-state index in [1.54, 1.807) is 31.8 Å². The van der Waals surface area contributed by atoms with Gasteiger partial charge in [-0.15, -0.1) is 0 Å². The monoisotopic (exact) mass is 235 g/mol. The van der Waals surface area contributed by atoms with E-state index in [1.807, 2.05) is 0 Å². The number of hydrogen-bond acceptors (Lipinski definition) is 3. The van der Waals surface area contributed by atoms with Crippen LogP contribution in [0.3, 0.4) is 0 Å². The predicted molar refractivity (Wildman–Crippen MR) is 64.3 cm³/mol. The zero-order valence-electron chi connectivity index (χ0n) is 9.99. The van der Waals surface area contributed by atoms with E-state index in [4.69, 9.17) is 10.5 Å². The number of ether oxygens (including phenoxy) is 1. The average Bonchev–Trinajstić information content (AvgIpc) is 2.62. The molecule has 2 rings (SSSR count). The Morgan fingerprint density at radius 3 is 2.65 bits per heavy atom. The largest absolute Gasteiger partial charge is 0.496 e. The molecular formula is C12H14FN3O. The van der Waals surface area contributed by atoms with Gasteiger partial charge in [0.1, 0.15) is 11.6 Å². The van der Waals surface area contributed by atoms with E-state index < -0.39 is 0 Å². The summed E-state index contributed by atoms with van der Waals surface area (Å²) in [5, 5.41) is 4.03. The Hall–Kier alpha value is -2.04. The lowest BCUT2D eigenvalue weighted by atomic mass is 10.1. The Kier molecular flexibility index (Phi) is 2.75. The molecule has 0 saturated carbocycles. The summed E-state index contributed by atoms with van der Waals surface area (Å²) < 4.78 is 20.5. The number of nitrogens with zero attached hydrogens (tertiary/aromatic N) is 2. The number of anilines is 1. The Bertz CT molecular complexity index is 544. The number of aryl methyl sites for hydroxylation is 2. The first kappa shape index (κ1) is 11.4. The van der Waals surface area contributed by atoms with Gasteiger partial charge in [-0.2, -0.15) is 5.10 Å². The zero-order valence-corrected chi connectivity index (χ0v) is 9.99. The molecule has 0 amide bonds. The fourth-order valence-electron chi connectivity index (χ4n) is 1.79. The van der Waals surface area contributed by atoms with Crippen molar-refractivity contribution in [2.75, 3.05) is 12.8 Å². The zero-order chi connectivity index (χ0) is 12.6. The van der Waals surface area contributed by atoms with E-state index >= 15 is 0 Å². The topological polar surface area (TPSA) is 53.1 Å². The third kappa shape index (κ3) is 1.84. The van der Waals surface area contributed by atoms with Gasteiger partial charge in [-0.05, 0) is 24.6 Å². The fourth-order valence-corrected chi connectivity index (χ4v) is 1.79. The highest BCUT2D eigenvalue weighted by molar-refractivity contribution is 5.77. The maximum absolute atomic E-state index is 13.6. The standard InChI is InChI=1S/C12H14FN3O/c1-7-4-11(17-3)8(5-9(7)13)12-10(14)6-15-16(12)2/h4-6H,14H2,1-3H3. The maximum atomic E-state index is 13.6. The van der Waals surface area contributed by atoms with Crippen LogP contribution >= 0.6 is 0 Å². The lowest BCUT2D eigenvalue weighted by Crippen LogP contribution is -1.99. The summed E-state index contributed by atoms with van der Waals surface area (Å²) >= 11 is 0. The molecule has 5 heteroatoms. The van der Waals surface area contributed by atoms with Gasteiger partial charge in [-0.1, -0.05) is 0 Å². The van der Waals surface area contributed by atoms with Crippen LogP contribution in [-0.2, 0) is 7.05 Å². The SMILES string of the molecule is COc1cc(C)c(F)cc1-c1c(N)cnn1C. The van der Waals surface area contributed by atoms with Crippen LogP contribution in [0.25, 0.3) is 11.3 Å². The van der Waals surface area contributed by atoms with Gasteiger partial charge in [0.05, 0.1) is 24.7 Å². The van der Waals surface area contributed by atoms with E-state index in [2.05, 4.69) is 5.10 Å². The molecule has 17 heavy (non-hydrogen) atoms. The molecule has 4 nitrogen and oxygen atoms in total. The van der Waals surface area contributed by atoms with Gasteiger partial charge >= 0.3 is 0 Å². The van der Waals surface area contributed by atoms with Crippen molar-refractivity contribution in [2.45, 2.75) is 6.92 Å². The lowest BCUT2D eigenvalue weighted by Gasteiger charge is -2.11. The highest BCUT2D eigenvalue weighted by atomic mass is 19.1. The maximum Gasteiger partial charge on any atom is 0.128 e. The van der Waals surface area contributed by atoms with Gasteiger partial charge in [0.15, 0.2) is 0 Å². The number of benzene rings is 1. The first-order valence-corrected chi connectivity index (χ1v) is 5.16. The summed E-state index contributed by atoms with van der Waals surface area (Å²) in [6.07, 6.45) is 1.53. The number of hydrogen-bond donors (Lipinski definition) is 1. The molecule has 0 bridgehead atoms. The van der Waals surface area contributed by atoms with Crippen LogP contribution in [0.1, 0.15) is 5.56 Å². The summed E-state index contributed by atoms with van der Waals surface area (Å²) in [5.41, 5.74) is 8.11. The fraction of sp³-hybridized carbons (Fsp3) is 0.250. The molecule has 0 fully saturated rings. The molecule has 1 aromatic heterocycles. The summed E-state index contributed by atoms with van der Waals surface area (Å²) in [6, 6.07) is 3.07. The molecular weight excluding hydrogens is 221 g/mol. The number of methoxy groups -OCH3 is 1. The van der Waals surface area contributed by atoms with Crippen LogP contribution < -0.4 is 10.5 Å². The van der Waals surface area contributed by atoms with E-state index in [0.717, 1.165) is 0 Å². The normalized spacial score (nSPS) is 10.6. The second-order valence-electron chi connectivity index (χ2n) is 3.87. The van der Waals surface area contributed by atoms with Gasteiger partial charge in [0, 0.05) is 12.6 Å². The molecule has 0 aliphatic heterocycles. The first-order chi connectivity index (χ1) is 8.04. The Morgan fingerprint density at radius 2 is 2.12 bits per heavy atom. The van der Waals surface area contributed by atoms with E-state index in [0.29, 0.717) is 28.3 Å². The molecule has 2 aromatic rings. The van der Waals surface area contributed by atoms with Crippen molar-refractivity contribution in [3.8, 4) is 17.0 Å².